The van der Waals surface area contributed by atoms with Gasteiger partial charge in [0.15, 0.2) is 0 Å². The third-order valence-electron chi connectivity index (χ3n) is 5.38. The molecule has 2 aliphatic heterocycles. The van der Waals surface area contributed by atoms with Crippen LogP contribution in [0.5, 0.6) is 17.2 Å². The molecule has 0 aliphatic carbocycles. The highest BCUT2D eigenvalue weighted by atomic mass is 16.5. The number of carbonyl (C=O) groups excluding carboxylic acids is 1. The average molecular weight is 367 g/mol. The summed E-state index contributed by atoms with van der Waals surface area (Å²) >= 11 is 0. The smallest absolute Gasteiger partial charge is 0.312 e. The van der Waals surface area contributed by atoms with E-state index in [1.165, 1.54) is 25.3 Å². The molecule has 0 radical (unpaired) electrons. The van der Waals surface area contributed by atoms with Crippen LogP contribution in [0.3, 0.4) is 0 Å². The van der Waals surface area contributed by atoms with Crippen LogP contribution in [0.25, 0.3) is 0 Å². The summed E-state index contributed by atoms with van der Waals surface area (Å²) in [5.41, 5.74) is 1.89. The summed E-state index contributed by atoms with van der Waals surface area (Å²) in [7, 11) is 0. The first kappa shape index (κ1) is 17.9. The summed E-state index contributed by atoms with van der Waals surface area (Å²) in [6.07, 6.45) is 4.13. The molecule has 0 saturated carbocycles. The molecule has 27 heavy (non-hydrogen) atoms. The van der Waals surface area contributed by atoms with E-state index in [1.807, 2.05) is 30.3 Å². The van der Waals surface area contributed by atoms with Crippen LogP contribution in [0.4, 0.5) is 0 Å². The highest BCUT2D eigenvalue weighted by molar-refractivity contribution is 5.78. The molecule has 1 saturated heterocycles. The molecule has 142 valence electrons. The SMILES string of the molecule is O=C1CC(c2ccccc2OCCN2CCCCC2)c2ccc(O)cc2O1. The summed E-state index contributed by atoms with van der Waals surface area (Å²) in [5, 5.41) is 9.71. The zero-order valence-corrected chi connectivity index (χ0v) is 15.4. The number of para-hydroxylation sites is 1. The molecule has 2 heterocycles. The van der Waals surface area contributed by atoms with Crippen molar-refractivity contribution < 1.29 is 19.4 Å². The number of hydrogen-bond acceptors (Lipinski definition) is 5. The maximum absolute atomic E-state index is 12.1. The summed E-state index contributed by atoms with van der Waals surface area (Å²) in [6, 6.07) is 12.9. The Labute approximate surface area is 159 Å². The molecule has 2 aromatic carbocycles. The van der Waals surface area contributed by atoms with E-state index in [-0.39, 0.29) is 24.1 Å². The van der Waals surface area contributed by atoms with Gasteiger partial charge in [-0.3, -0.25) is 9.69 Å². The van der Waals surface area contributed by atoms with E-state index in [2.05, 4.69) is 4.90 Å². The van der Waals surface area contributed by atoms with Gasteiger partial charge in [-0.2, -0.15) is 0 Å². The predicted molar refractivity (Wildman–Crippen MR) is 102 cm³/mol. The molecular weight excluding hydrogens is 342 g/mol. The van der Waals surface area contributed by atoms with E-state index in [1.54, 1.807) is 6.07 Å². The van der Waals surface area contributed by atoms with Crippen LogP contribution in [-0.2, 0) is 4.79 Å². The van der Waals surface area contributed by atoms with E-state index in [9.17, 15) is 9.90 Å². The Balaban J connectivity index is 1.53. The largest absolute Gasteiger partial charge is 0.508 e. The Morgan fingerprint density at radius 2 is 1.89 bits per heavy atom. The van der Waals surface area contributed by atoms with Crippen molar-refractivity contribution in [3.8, 4) is 17.2 Å². The summed E-state index contributed by atoms with van der Waals surface area (Å²) < 4.78 is 11.4. The van der Waals surface area contributed by atoms with Gasteiger partial charge in [0.1, 0.15) is 23.9 Å². The number of likely N-dealkylation sites (tertiary alicyclic amines) is 1. The molecule has 1 atom stereocenters. The lowest BCUT2D eigenvalue weighted by atomic mass is 9.86. The van der Waals surface area contributed by atoms with Gasteiger partial charge in [-0.15, -0.1) is 0 Å². The fourth-order valence-electron chi connectivity index (χ4n) is 3.99. The van der Waals surface area contributed by atoms with Gasteiger partial charge in [-0.25, -0.2) is 0 Å². The highest BCUT2D eigenvalue weighted by Gasteiger charge is 2.30. The van der Waals surface area contributed by atoms with Gasteiger partial charge in [-0.1, -0.05) is 30.7 Å². The molecule has 0 aromatic heterocycles. The van der Waals surface area contributed by atoms with Crippen LogP contribution in [0.15, 0.2) is 42.5 Å². The number of aromatic hydroxyl groups is 1. The van der Waals surface area contributed by atoms with Crippen LogP contribution in [0.2, 0.25) is 0 Å². The Kier molecular flexibility index (Phi) is 5.30. The number of phenols is 1. The van der Waals surface area contributed by atoms with E-state index < -0.39 is 0 Å². The number of carbonyl (C=O) groups is 1. The number of piperidine rings is 1. The van der Waals surface area contributed by atoms with Gasteiger partial charge >= 0.3 is 5.97 Å². The van der Waals surface area contributed by atoms with Crippen LogP contribution in [0.1, 0.15) is 42.7 Å². The second kappa shape index (κ2) is 8.01. The van der Waals surface area contributed by atoms with Gasteiger partial charge in [0.25, 0.3) is 0 Å². The fourth-order valence-corrected chi connectivity index (χ4v) is 3.99. The van der Waals surface area contributed by atoms with Crippen LogP contribution in [-0.4, -0.2) is 42.2 Å². The third kappa shape index (κ3) is 4.08. The van der Waals surface area contributed by atoms with Crippen molar-refractivity contribution in [2.45, 2.75) is 31.6 Å². The number of rotatable bonds is 5. The molecule has 5 heteroatoms. The first-order chi connectivity index (χ1) is 13.2. The molecule has 0 bridgehead atoms. The van der Waals surface area contributed by atoms with Crippen LogP contribution < -0.4 is 9.47 Å². The van der Waals surface area contributed by atoms with Gasteiger partial charge in [-0.05, 0) is 38.1 Å². The summed E-state index contributed by atoms with van der Waals surface area (Å²) in [6.45, 7) is 3.86. The standard InChI is InChI=1S/C22H25NO4/c24-16-8-9-18-19(15-22(25)27-21(18)14-16)17-6-2-3-7-20(17)26-13-12-23-10-4-1-5-11-23/h2-3,6-9,14,19,24H,1,4-5,10-13,15H2. The Morgan fingerprint density at radius 1 is 1.07 bits per heavy atom. The topological polar surface area (TPSA) is 59.0 Å². The minimum Gasteiger partial charge on any atom is -0.508 e. The summed E-state index contributed by atoms with van der Waals surface area (Å²) in [5.74, 6) is 0.912. The van der Waals surface area contributed by atoms with Crippen molar-refractivity contribution in [1.29, 1.82) is 0 Å². The lowest BCUT2D eigenvalue weighted by molar-refractivity contribution is -0.135. The molecule has 2 aliphatic rings. The van der Waals surface area contributed by atoms with E-state index in [0.717, 1.165) is 36.5 Å². The monoisotopic (exact) mass is 367 g/mol. The van der Waals surface area contributed by atoms with Gasteiger partial charge < -0.3 is 14.6 Å². The zero-order valence-electron chi connectivity index (χ0n) is 15.4. The maximum Gasteiger partial charge on any atom is 0.312 e. The molecule has 2 aromatic rings. The Morgan fingerprint density at radius 3 is 2.74 bits per heavy atom. The van der Waals surface area contributed by atoms with Crippen LogP contribution in [0, 0.1) is 0 Å². The van der Waals surface area contributed by atoms with Gasteiger partial charge in [0.2, 0.25) is 0 Å². The number of phenolic OH excluding ortho intramolecular Hbond substituents is 1. The Bertz CT molecular complexity index is 814. The van der Waals surface area contributed by atoms with Crippen molar-refractivity contribution >= 4 is 5.97 Å². The number of nitrogens with zero attached hydrogens (tertiary/aromatic N) is 1. The number of fused-ring (bicyclic) bond motifs is 1. The lowest BCUT2D eigenvalue weighted by Crippen LogP contribution is -2.33. The van der Waals surface area contributed by atoms with Gasteiger partial charge in [0, 0.05) is 29.7 Å². The van der Waals surface area contributed by atoms with Crippen molar-refractivity contribution in [3.05, 3.63) is 53.6 Å². The molecule has 1 N–H and O–H groups in total. The van der Waals surface area contributed by atoms with E-state index in [4.69, 9.17) is 9.47 Å². The second-order valence-corrected chi connectivity index (χ2v) is 7.24. The molecular formula is C22H25NO4. The maximum atomic E-state index is 12.1. The first-order valence-electron chi connectivity index (χ1n) is 9.68. The van der Waals surface area contributed by atoms with Crippen LogP contribution >= 0.6 is 0 Å². The normalized spacial score (nSPS) is 20.0. The predicted octanol–water partition coefficient (Wildman–Crippen LogP) is 3.70. The molecule has 1 fully saturated rings. The highest BCUT2D eigenvalue weighted by Crippen LogP contribution is 2.43. The van der Waals surface area contributed by atoms with Crippen molar-refractivity contribution in [2.24, 2.45) is 0 Å². The minimum absolute atomic E-state index is 0.0910. The average Bonchev–Trinajstić information content (AvgIpc) is 2.68. The lowest BCUT2D eigenvalue weighted by Gasteiger charge is -2.28. The third-order valence-corrected chi connectivity index (χ3v) is 5.38. The van der Waals surface area contributed by atoms with Gasteiger partial charge in [0.05, 0.1) is 6.42 Å². The molecule has 4 rings (SSSR count). The molecule has 1 unspecified atom stereocenters. The molecule has 0 amide bonds. The fraction of sp³-hybridized carbons (Fsp3) is 0.409. The van der Waals surface area contributed by atoms with Crippen molar-refractivity contribution in [2.75, 3.05) is 26.2 Å². The number of hydrogen-bond donors (Lipinski definition) is 1. The van der Waals surface area contributed by atoms with Crippen molar-refractivity contribution in [3.63, 3.8) is 0 Å². The first-order valence-corrected chi connectivity index (χ1v) is 9.68. The molecule has 0 spiro atoms. The number of benzene rings is 2. The van der Waals surface area contributed by atoms with Crippen molar-refractivity contribution in [1.82, 2.24) is 4.90 Å². The Hall–Kier alpha value is -2.53. The molecule has 5 nitrogen and oxygen atoms in total. The number of ether oxygens (including phenoxy) is 2. The number of esters is 1. The minimum atomic E-state index is -0.291. The summed E-state index contributed by atoms with van der Waals surface area (Å²) in [4.78, 5) is 14.5. The quantitative estimate of drug-likeness (QED) is 0.645. The van der Waals surface area contributed by atoms with E-state index >= 15 is 0 Å². The van der Waals surface area contributed by atoms with E-state index in [0.29, 0.717) is 12.4 Å². The second-order valence-electron chi connectivity index (χ2n) is 7.24. The zero-order chi connectivity index (χ0) is 18.6.